The zero-order chi connectivity index (χ0) is 13.2. The quantitative estimate of drug-likeness (QED) is 0.626. The van der Waals surface area contributed by atoms with Gasteiger partial charge >= 0.3 is 0 Å². The van der Waals surface area contributed by atoms with Crippen LogP contribution in [-0.2, 0) is 10.8 Å². The summed E-state index contributed by atoms with van der Waals surface area (Å²) in [4.78, 5) is 0. The average Bonchev–Trinajstić information content (AvgIpc) is 2.39. The maximum absolute atomic E-state index is 3.76. The summed E-state index contributed by atoms with van der Waals surface area (Å²) < 4.78 is 0. The summed E-state index contributed by atoms with van der Waals surface area (Å²) >= 11 is 3.76. The summed E-state index contributed by atoms with van der Waals surface area (Å²) in [6.07, 6.45) is 6.86. The van der Waals surface area contributed by atoms with Gasteiger partial charge in [0.05, 0.1) is 0 Å². The van der Waals surface area contributed by atoms with Crippen LogP contribution in [0, 0.1) is 0 Å². The van der Waals surface area contributed by atoms with Crippen molar-refractivity contribution in [1.29, 1.82) is 0 Å². The predicted molar refractivity (Wildman–Crippen MR) is 83.7 cm³/mol. The maximum Gasteiger partial charge on any atom is 0.0129 e. The highest BCUT2D eigenvalue weighted by Crippen LogP contribution is 2.41. The van der Waals surface area contributed by atoms with Crippen molar-refractivity contribution in [3.8, 4) is 0 Å². The summed E-state index contributed by atoms with van der Waals surface area (Å²) in [5, 5.41) is 1.11. The molecule has 0 amide bonds. The monoisotopic (exact) mass is 308 g/mol. The molecule has 0 heterocycles. The first kappa shape index (κ1) is 14.1. The lowest BCUT2D eigenvalue weighted by Crippen LogP contribution is -2.30. The summed E-state index contributed by atoms with van der Waals surface area (Å²) in [5.41, 5.74) is 3.63. The van der Waals surface area contributed by atoms with E-state index in [2.05, 4.69) is 61.0 Å². The second-order valence-corrected chi connectivity index (χ2v) is 7.36. The summed E-state index contributed by atoms with van der Waals surface area (Å²) in [7, 11) is 0. The first-order valence-electron chi connectivity index (χ1n) is 7.15. The molecular formula is C17H25Br. The number of hydrogen-bond donors (Lipinski definition) is 0. The van der Waals surface area contributed by atoms with Gasteiger partial charge in [-0.25, -0.2) is 0 Å². The molecule has 0 spiro atoms. The van der Waals surface area contributed by atoms with Crippen LogP contribution in [0.3, 0.4) is 0 Å². The second-order valence-electron chi connectivity index (χ2n) is 6.80. The van der Waals surface area contributed by atoms with Crippen LogP contribution >= 0.6 is 15.9 Å². The van der Waals surface area contributed by atoms with Crippen molar-refractivity contribution in [2.24, 2.45) is 0 Å². The molecule has 1 aromatic carbocycles. The van der Waals surface area contributed by atoms with Gasteiger partial charge in [0.15, 0.2) is 0 Å². The molecule has 1 fully saturated rings. The van der Waals surface area contributed by atoms with Gasteiger partial charge < -0.3 is 0 Å². The van der Waals surface area contributed by atoms with Crippen LogP contribution in [0.4, 0.5) is 0 Å². The van der Waals surface area contributed by atoms with Crippen molar-refractivity contribution >= 4 is 15.9 Å². The standard InChI is InChI=1S/C17H25Br/c1-16(2,3)14-7-9-15(10-8-14)17(13-18)11-5-4-6-12-17/h7-10H,4-6,11-13H2,1-3H3. The largest absolute Gasteiger partial charge is 0.0918 e. The first-order chi connectivity index (χ1) is 8.48. The molecule has 1 heteroatoms. The van der Waals surface area contributed by atoms with Gasteiger partial charge in [0.25, 0.3) is 0 Å². The number of benzene rings is 1. The van der Waals surface area contributed by atoms with Crippen LogP contribution in [0.2, 0.25) is 0 Å². The van der Waals surface area contributed by atoms with E-state index in [1.165, 1.54) is 43.2 Å². The van der Waals surface area contributed by atoms with E-state index in [4.69, 9.17) is 0 Å². The molecule has 18 heavy (non-hydrogen) atoms. The van der Waals surface area contributed by atoms with Crippen LogP contribution in [0.25, 0.3) is 0 Å². The van der Waals surface area contributed by atoms with Crippen LogP contribution in [-0.4, -0.2) is 5.33 Å². The Labute approximate surface area is 120 Å². The lowest BCUT2D eigenvalue weighted by atomic mass is 9.70. The third-order valence-corrected chi connectivity index (χ3v) is 5.50. The molecule has 1 aliphatic carbocycles. The number of hydrogen-bond acceptors (Lipinski definition) is 0. The van der Waals surface area contributed by atoms with Gasteiger partial charge in [-0.3, -0.25) is 0 Å². The zero-order valence-electron chi connectivity index (χ0n) is 11.9. The van der Waals surface area contributed by atoms with Gasteiger partial charge in [-0.2, -0.15) is 0 Å². The Morgan fingerprint density at radius 2 is 1.56 bits per heavy atom. The molecule has 2 rings (SSSR count). The van der Waals surface area contributed by atoms with Gasteiger partial charge in [-0.15, -0.1) is 0 Å². The SMILES string of the molecule is CC(C)(C)c1ccc(C2(CBr)CCCCC2)cc1. The first-order valence-corrected chi connectivity index (χ1v) is 8.27. The third kappa shape index (κ3) is 2.82. The van der Waals surface area contributed by atoms with E-state index in [9.17, 15) is 0 Å². The fourth-order valence-corrected chi connectivity index (χ4v) is 3.94. The Morgan fingerprint density at radius 3 is 2.00 bits per heavy atom. The highest BCUT2D eigenvalue weighted by Gasteiger charge is 2.32. The van der Waals surface area contributed by atoms with E-state index >= 15 is 0 Å². The molecule has 0 atom stereocenters. The minimum atomic E-state index is 0.257. The molecule has 0 radical (unpaired) electrons. The summed E-state index contributed by atoms with van der Waals surface area (Å²) in [5.74, 6) is 0. The third-order valence-electron chi connectivity index (χ3n) is 4.43. The van der Waals surface area contributed by atoms with Crippen molar-refractivity contribution in [2.45, 2.75) is 63.7 Å². The van der Waals surface area contributed by atoms with E-state index in [1.54, 1.807) is 0 Å². The predicted octanol–water partition coefficient (Wildman–Crippen LogP) is 5.58. The highest BCUT2D eigenvalue weighted by molar-refractivity contribution is 9.09. The van der Waals surface area contributed by atoms with Crippen LogP contribution < -0.4 is 0 Å². The molecule has 0 nitrogen and oxygen atoms in total. The van der Waals surface area contributed by atoms with Crippen molar-refractivity contribution in [3.63, 3.8) is 0 Å². The molecule has 0 saturated heterocycles. The molecule has 0 unspecified atom stereocenters. The topological polar surface area (TPSA) is 0 Å². The van der Waals surface area contributed by atoms with E-state index < -0.39 is 0 Å². The van der Waals surface area contributed by atoms with Gasteiger partial charge in [0, 0.05) is 10.7 Å². The molecule has 100 valence electrons. The molecule has 1 saturated carbocycles. The molecule has 1 aliphatic rings. The van der Waals surface area contributed by atoms with Crippen LogP contribution in [0.15, 0.2) is 24.3 Å². The number of alkyl halides is 1. The maximum atomic E-state index is 3.76. The Bertz CT molecular complexity index is 377. The molecule has 0 aromatic heterocycles. The number of halogens is 1. The minimum absolute atomic E-state index is 0.257. The lowest BCUT2D eigenvalue weighted by molar-refractivity contribution is 0.327. The van der Waals surface area contributed by atoms with Crippen molar-refractivity contribution in [3.05, 3.63) is 35.4 Å². The lowest BCUT2D eigenvalue weighted by Gasteiger charge is -2.36. The van der Waals surface area contributed by atoms with E-state index in [0.717, 1.165) is 5.33 Å². The van der Waals surface area contributed by atoms with E-state index in [-0.39, 0.29) is 5.41 Å². The van der Waals surface area contributed by atoms with Crippen LogP contribution in [0.5, 0.6) is 0 Å². The van der Waals surface area contributed by atoms with Gasteiger partial charge in [-0.1, -0.05) is 80.2 Å². The Kier molecular flexibility index (Phi) is 4.21. The summed E-state index contributed by atoms with van der Waals surface area (Å²) in [6, 6.07) is 9.39. The normalized spacial score (nSPS) is 19.8. The van der Waals surface area contributed by atoms with Crippen LogP contribution in [0.1, 0.15) is 64.0 Å². The van der Waals surface area contributed by atoms with Crippen molar-refractivity contribution < 1.29 is 0 Å². The Morgan fingerprint density at radius 1 is 1.00 bits per heavy atom. The second kappa shape index (κ2) is 5.36. The van der Waals surface area contributed by atoms with Gasteiger partial charge in [-0.05, 0) is 29.4 Å². The minimum Gasteiger partial charge on any atom is -0.0918 e. The summed E-state index contributed by atoms with van der Waals surface area (Å²) in [6.45, 7) is 6.84. The van der Waals surface area contributed by atoms with E-state index in [1.807, 2.05) is 0 Å². The number of rotatable bonds is 2. The molecule has 0 bridgehead atoms. The zero-order valence-corrected chi connectivity index (χ0v) is 13.5. The van der Waals surface area contributed by atoms with Gasteiger partial charge in [0.2, 0.25) is 0 Å². The highest BCUT2D eigenvalue weighted by atomic mass is 79.9. The van der Waals surface area contributed by atoms with E-state index in [0.29, 0.717) is 5.41 Å². The fourth-order valence-electron chi connectivity index (χ4n) is 3.05. The Hall–Kier alpha value is -0.300. The average molecular weight is 309 g/mol. The molecular weight excluding hydrogens is 284 g/mol. The van der Waals surface area contributed by atoms with Crippen molar-refractivity contribution in [2.75, 3.05) is 5.33 Å². The molecule has 0 aliphatic heterocycles. The molecule has 1 aromatic rings. The van der Waals surface area contributed by atoms with Crippen molar-refractivity contribution in [1.82, 2.24) is 0 Å². The van der Waals surface area contributed by atoms with Gasteiger partial charge in [0.1, 0.15) is 0 Å². The smallest absolute Gasteiger partial charge is 0.0129 e. The molecule has 0 N–H and O–H groups in total. The fraction of sp³-hybridized carbons (Fsp3) is 0.647. The Balaban J connectivity index is 2.27.